The number of rotatable bonds is 0. The average Bonchev–Trinajstić information content (AvgIpc) is 1.93. The van der Waals surface area contributed by atoms with E-state index in [1.54, 1.807) is 0 Å². The molecule has 0 saturated carbocycles. The van der Waals surface area contributed by atoms with Gasteiger partial charge in [0.25, 0.3) is 0 Å². The summed E-state index contributed by atoms with van der Waals surface area (Å²) in [6.07, 6.45) is 0. The summed E-state index contributed by atoms with van der Waals surface area (Å²) in [5, 5.41) is 0. The number of hydrogen-bond acceptors (Lipinski definition) is 0. The molecule has 0 radical (unpaired) electrons. The van der Waals surface area contributed by atoms with Crippen molar-refractivity contribution in [2.75, 3.05) is 0 Å². The average molecular weight is 459 g/mol. The minimum absolute atomic E-state index is 0.530. The van der Waals surface area contributed by atoms with Gasteiger partial charge in [0, 0.05) is 0 Å². The molecule has 3 heteroatoms. The summed E-state index contributed by atoms with van der Waals surface area (Å²) in [4.78, 5) is 0. The van der Waals surface area contributed by atoms with Gasteiger partial charge in [-0.3, -0.25) is 0 Å². The number of benzene rings is 1. The third-order valence-corrected chi connectivity index (χ3v) is 0.667. The van der Waals surface area contributed by atoms with Crippen LogP contribution in [0.2, 0.25) is 0 Å². The van der Waals surface area contributed by atoms with E-state index in [-0.39, 0.29) is 0 Å². The minimum atomic E-state index is 0.530. The van der Waals surface area contributed by atoms with Crippen molar-refractivity contribution in [1.29, 1.82) is 0 Å². The molecule has 9 heavy (non-hydrogen) atoms. The van der Waals surface area contributed by atoms with E-state index in [4.69, 9.17) is 0 Å². The smallest absolute Gasteiger partial charge is 0.0623 e. The van der Waals surface area contributed by atoms with Gasteiger partial charge in [-0.1, -0.05) is 36.4 Å². The van der Waals surface area contributed by atoms with Gasteiger partial charge in [-0.25, -0.2) is 0 Å². The normalized spacial score (nSPS) is 7.78. The third kappa shape index (κ3) is 9.41. The van der Waals surface area contributed by atoms with Crippen molar-refractivity contribution < 1.29 is 13.3 Å². The first kappa shape index (κ1) is 10.4. The van der Waals surface area contributed by atoms with Gasteiger partial charge in [-0.05, 0) is 0 Å². The van der Waals surface area contributed by atoms with Crippen LogP contribution in [0.5, 0.6) is 0 Å². The van der Waals surface area contributed by atoms with Crippen LogP contribution in [0.15, 0.2) is 36.4 Å². The van der Waals surface area contributed by atoms with Gasteiger partial charge in [0.05, 0.1) is 0 Å². The first-order valence-electron chi connectivity index (χ1n) is 2.29. The van der Waals surface area contributed by atoms with E-state index < -0.39 is 0 Å². The zero-order valence-electron chi connectivity index (χ0n) is 4.60. The first-order valence-corrected chi connectivity index (χ1v) is 14.9. The Morgan fingerprint density at radius 3 is 0.889 bits per heavy atom. The zero-order chi connectivity index (χ0) is 6.95. The first-order chi connectivity index (χ1) is 4.41. The molecule has 0 atom stereocenters. The maximum absolute atomic E-state index is 2.39. The Hall–Kier alpha value is 1.41. The Morgan fingerprint density at radius 1 is 0.667 bits per heavy atom. The second-order valence-corrected chi connectivity index (χ2v) is 17.5. The quantitative estimate of drug-likeness (QED) is 0.496. The topological polar surface area (TPSA) is 0 Å². The van der Waals surface area contributed by atoms with Gasteiger partial charge in [0.2, 0.25) is 0 Å². The molecule has 0 N–H and O–H groups in total. The van der Waals surface area contributed by atoms with Crippen molar-refractivity contribution >= 4 is 37.2 Å². The van der Waals surface area contributed by atoms with Crippen molar-refractivity contribution in [2.24, 2.45) is 0 Å². The maximum Gasteiger partial charge on any atom is -0.0623 e. The molecule has 1 aromatic carbocycles. The molecular formula is C6H6I3-. The molecule has 0 unspecified atom stereocenters. The van der Waals surface area contributed by atoms with Crippen LogP contribution in [-0.2, 0) is 0 Å². The van der Waals surface area contributed by atoms with Crippen molar-refractivity contribution in [3.63, 3.8) is 0 Å². The summed E-state index contributed by atoms with van der Waals surface area (Å²) < 4.78 is 0. The van der Waals surface area contributed by atoms with Gasteiger partial charge in [0.1, 0.15) is 0 Å². The molecular weight excluding hydrogens is 453 g/mol. The van der Waals surface area contributed by atoms with E-state index in [0.29, 0.717) is 13.3 Å². The molecule has 0 nitrogen and oxygen atoms in total. The Morgan fingerprint density at radius 2 is 0.778 bits per heavy atom. The van der Waals surface area contributed by atoms with Crippen LogP contribution in [0.4, 0.5) is 0 Å². The van der Waals surface area contributed by atoms with Gasteiger partial charge >= 0.3 is 50.5 Å². The van der Waals surface area contributed by atoms with Crippen LogP contribution in [0, 0.1) is 0 Å². The van der Waals surface area contributed by atoms with Crippen LogP contribution in [0.25, 0.3) is 0 Å². The predicted octanol–water partition coefficient (Wildman–Crippen LogP) is 0.462. The zero-order valence-corrected chi connectivity index (χ0v) is 11.1. The standard InChI is InChI=1S/C6H6.I3/c1-2-4-6-5-3-1;1-3-2/h1-6H;/q;-1. The minimum Gasteiger partial charge on any atom is -0.0623 e. The molecule has 0 saturated heterocycles. The van der Waals surface area contributed by atoms with E-state index in [0.717, 1.165) is 0 Å². The molecule has 0 spiro atoms. The predicted molar refractivity (Wildman–Crippen MR) is 54.5 cm³/mol. The van der Waals surface area contributed by atoms with Crippen LogP contribution in [0.1, 0.15) is 0 Å². The second kappa shape index (κ2) is 9.41. The largest absolute Gasteiger partial charge is 0.0623 e. The van der Waals surface area contributed by atoms with Gasteiger partial charge in [0.15, 0.2) is 0 Å². The molecule has 52 valence electrons. The summed E-state index contributed by atoms with van der Waals surface area (Å²) in [5.41, 5.74) is 0. The number of halogens is 3. The van der Waals surface area contributed by atoms with Gasteiger partial charge < -0.3 is 0 Å². The van der Waals surface area contributed by atoms with E-state index in [2.05, 4.69) is 37.2 Å². The summed E-state index contributed by atoms with van der Waals surface area (Å²) >= 11 is 5.30. The molecule has 0 amide bonds. The fourth-order valence-corrected chi connectivity index (χ4v) is 0.385. The van der Waals surface area contributed by atoms with Crippen molar-refractivity contribution in [2.45, 2.75) is 0 Å². The molecule has 0 aromatic heterocycles. The molecule has 0 heterocycles. The van der Waals surface area contributed by atoms with Crippen molar-refractivity contribution in [1.82, 2.24) is 0 Å². The Labute approximate surface area is 85.4 Å². The molecule has 0 aliphatic heterocycles. The summed E-state index contributed by atoms with van der Waals surface area (Å²) in [6, 6.07) is 12.0. The third-order valence-electron chi connectivity index (χ3n) is 0.667. The SMILES string of the molecule is I[I-]I.c1ccccc1. The Bertz CT molecular complexity index is 91.2. The second-order valence-electron chi connectivity index (χ2n) is 1.21. The maximum atomic E-state index is 2.39. The van der Waals surface area contributed by atoms with Gasteiger partial charge in [-0.2, -0.15) is 0 Å². The van der Waals surface area contributed by atoms with E-state index in [1.165, 1.54) is 0 Å². The monoisotopic (exact) mass is 459 g/mol. The van der Waals surface area contributed by atoms with Crippen LogP contribution in [-0.4, -0.2) is 0 Å². The molecule has 0 aliphatic carbocycles. The van der Waals surface area contributed by atoms with Crippen LogP contribution < -0.4 is 13.3 Å². The fourth-order valence-electron chi connectivity index (χ4n) is 0.385. The Kier molecular flexibility index (Phi) is 10.9. The Balaban J connectivity index is 0.000000187. The fraction of sp³-hybridized carbons (Fsp3) is 0. The van der Waals surface area contributed by atoms with E-state index >= 15 is 0 Å². The summed E-state index contributed by atoms with van der Waals surface area (Å²) in [6.45, 7) is 0. The van der Waals surface area contributed by atoms with Crippen molar-refractivity contribution in [3.8, 4) is 0 Å². The molecule has 0 aliphatic rings. The van der Waals surface area contributed by atoms with Gasteiger partial charge in [-0.15, -0.1) is 0 Å². The molecule has 0 fully saturated rings. The number of hydrogen-bond donors (Lipinski definition) is 0. The summed E-state index contributed by atoms with van der Waals surface area (Å²) in [7, 11) is 0. The van der Waals surface area contributed by atoms with Crippen molar-refractivity contribution in [3.05, 3.63) is 36.4 Å². The molecule has 0 bridgehead atoms. The molecule has 1 aromatic rings. The van der Waals surface area contributed by atoms with E-state index in [9.17, 15) is 0 Å². The van der Waals surface area contributed by atoms with E-state index in [1.807, 2.05) is 36.4 Å². The van der Waals surface area contributed by atoms with Crippen LogP contribution in [0.3, 0.4) is 0 Å². The van der Waals surface area contributed by atoms with Crippen LogP contribution >= 0.6 is 37.2 Å². The molecule has 1 rings (SSSR count). The summed E-state index contributed by atoms with van der Waals surface area (Å²) in [5.74, 6) is 0.